The van der Waals surface area contributed by atoms with E-state index in [1.54, 1.807) is 29.2 Å². The van der Waals surface area contributed by atoms with Crippen molar-refractivity contribution >= 4 is 29.1 Å². The fraction of sp³-hybridized carbons (Fsp3) is 0.375. The molecule has 0 aromatic heterocycles. The highest BCUT2D eigenvalue weighted by Crippen LogP contribution is 2.31. The Morgan fingerprint density at radius 1 is 1.12 bits per heavy atom. The van der Waals surface area contributed by atoms with Crippen molar-refractivity contribution in [2.24, 2.45) is 5.92 Å². The number of nitrogens with zero attached hydrogens (tertiary/aromatic N) is 1. The number of nitrogens with one attached hydrogen (secondary N) is 2. The third-order valence-corrected chi connectivity index (χ3v) is 5.38. The number of amides is 3. The second kappa shape index (κ2) is 10.4. The van der Waals surface area contributed by atoms with Gasteiger partial charge < -0.3 is 20.3 Å². The number of carbonyl (C=O) groups excluding carboxylic acids is 3. The molecule has 170 valence electrons. The van der Waals surface area contributed by atoms with Gasteiger partial charge in [-0.25, -0.2) is 4.39 Å². The minimum Gasteiger partial charge on any atom is -0.375 e. The molecule has 0 spiro atoms. The molecule has 0 radical (unpaired) electrons. The molecule has 0 unspecified atom stereocenters. The van der Waals surface area contributed by atoms with Crippen molar-refractivity contribution in [1.29, 1.82) is 0 Å². The summed E-state index contributed by atoms with van der Waals surface area (Å²) >= 11 is 0. The topological polar surface area (TPSA) is 87.7 Å². The van der Waals surface area contributed by atoms with E-state index in [1.807, 2.05) is 19.9 Å². The molecule has 1 atom stereocenters. The zero-order valence-corrected chi connectivity index (χ0v) is 18.5. The molecule has 7 nitrogen and oxygen atoms in total. The molecule has 0 fully saturated rings. The highest BCUT2D eigenvalue weighted by Gasteiger charge is 2.25. The molecule has 2 aromatic carbocycles. The van der Waals surface area contributed by atoms with E-state index in [4.69, 9.17) is 4.74 Å². The molecule has 0 saturated heterocycles. The van der Waals surface area contributed by atoms with Gasteiger partial charge in [0.25, 0.3) is 0 Å². The summed E-state index contributed by atoms with van der Waals surface area (Å²) in [7, 11) is 1.44. The van der Waals surface area contributed by atoms with E-state index in [0.29, 0.717) is 17.8 Å². The summed E-state index contributed by atoms with van der Waals surface area (Å²) in [4.78, 5) is 39.0. The van der Waals surface area contributed by atoms with E-state index in [2.05, 4.69) is 10.6 Å². The molecular weight excluding hydrogens is 413 g/mol. The minimum absolute atomic E-state index is 0.00701. The Hall–Kier alpha value is -3.26. The van der Waals surface area contributed by atoms with Crippen LogP contribution < -0.4 is 15.5 Å². The highest BCUT2D eigenvalue weighted by atomic mass is 19.1. The van der Waals surface area contributed by atoms with Crippen LogP contribution in [0.4, 0.5) is 15.8 Å². The van der Waals surface area contributed by atoms with Gasteiger partial charge in [0.1, 0.15) is 5.82 Å². The first-order valence-electron chi connectivity index (χ1n) is 10.6. The lowest BCUT2D eigenvalue weighted by atomic mass is 9.99. The van der Waals surface area contributed by atoms with E-state index in [1.165, 1.54) is 19.2 Å². The van der Waals surface area contributed by atoms with Gasteiger partial charge in [0.2, 0.25) is 5.91 Å². The van der Waals surface area contributed by atoms with Gasteiger partial charge in [0.05, 0.1) is 6.10 Å². The molecule has 32 heavy (non-hydrogen) atoms. The first kappa shape index (κ1) is 23.4. The van der Waals surface area contributed by atoms with Gasteiger partial charge in [-0.05, 0) is 48.2 Å². The summed E-state index contributed by atoms with van der Waals surface area (Å²) in [6.07, 6.45) is 1.14. The number of fused-ring (bicyclic) bond motifs is 1. The minimum atomic E-state index is -0.837. The summed E-state index contributed by atoms with van der Waals surface area (Å²) in [6.45, 7) is 4.33. The third kappa shape index (κ3) is 5.50. The number of aryl methyl sites for hydroxylation is 1. The van der Waals surface area contributed by atoms with Gasteiger partial charge in [-0.3, -0.25) is 14.4 Å². The van der Waals surface area contributed by atoms with Crippen molar-refractivity contribution in [3.05, 3.63) is 59.4 Å². The van der Waals surface area contributed by atoms with E-state index >= 15 is 0 Å². The normalized spacial score (nSPS) is 14.0. The second-order valence-electron chi connectivity index (χ2n) is 8.04. The van der Waals surface area contributed by atoms with Gasteiger partial charge in [-0.15, -0.1) is 0 Å². The fourth-order valence-corrected chi connectivity index (χ4v) is 3.69. The number of methoxy groups -OCH3 is 1. The maximum Gasteiger partial charge on any atom is 0.313 e. The van der Waals surface area contributed by atoms with Gasteiger partial charge >= 0.3 is 11.8 Å². The lowest BCUT2D eigenvalue weighted by molar-refractivity contribution is -0.136. The number of anilines is 2. The number of rotatable bonds is 6. The van der Waals surface area contributed by atoms with Crippen LogP contribution >= 0.6 is 0 Å². The highest BCUT2D eigenvalue weighted by molar-refractivity contribution is 6.39. The quantitative estimate of drug-likeness (QED) is 0.674. The molecular formula is C24H28FN3O4. The van der Waals surface area contributed by atoms with Crippen LogP contribution in [0.5, 0.6) is 0 Å². The van der Waals surface area contributed by atoms with E-state index in [-0.39, 0.29) is 18.4 Å². The van der Waals surface area contributed by atoms with Gasteiger partial charge in [0, 0.05) is 37.5 Å². The third-order valence-electron chi connectivity index (χ3n) is 5.38. The van der Waals surface area contributed by atoms with Crippen LogP contribution in [0.15, 0.2) is 42.5 Å². The monoisotopic (exact) mass is 441 g/mol. The van der Waals surface area contributed by atoms with Crippen molar-refractivity contribution in [1.82, 2.24) is 5.32 Å². The molecule has 1 heterocycles. The molecule has 0 bridgehead atoms. The van der Waals surface area contributed by atoms with Crippen LogP contribution in [0.2, 0.25) is 0 Å². The molecule has 3 rings (SSSR count). The Labute approximate surface area is 186 Å². The lowest BCUT2D eigenvalue weighted by Gasteiger charge is -2.31. The zero-order chi connectivity index (χ0) is 23.3. The van der Waals surface area contributed by atoms with Gasteiger partial charge in [-0.1, -0.05) is 32.0 Å². The van der Waals surface area contributed by atoms with Crippen LogP contribution in [0, 0.1) is 11.7 Å². The Morgan fingerprint density at radius 3 is 2.59 bits per heavy atom. The second-order valence-corrected chi connectivity index (χ2v) is 8.04. The molecule has 3 amide bonds. The average molecular weight is 442 g/mol. The van der Waals surface area contributed by atoms with E-state index in [9.17, 15) is 18.8 Å². The molecule has 1 aliphatic heterocycles. The van der Waals surface area contributed by atoms with Crippen molar-refractivity contribution in [2.45, 2.75) is 32.8 Å². The SMILES string of the molecule is CO[C@H](CNC(=O)C(=O)Nc1ccc2c(c1)N(C(=O)C(C)C)CCC2)c1cccc(F)c1. The van der Waals surface area contributed by atoms with Crippen LogP contribution in [0.3, 0.4) is 0 Å². The molecule has 1 aliphatic rings. The molecule has 8 heteroatoms. The van der Waals surface area contributed by atoms with E-state index < -0.39 is 23.7 Å². The van der Waals surface area contributed by atoms with Crippen LogP contribution in [-0.4, -0.2) is 37.9 Å². The molecule has 0 aliphatic carbocycles. The van der Waals surface area contributed by atoms with Crippen LogP contribution in [0.25, 0.3) is 0 Å². The number of carbonyl (C=O) groups is 3. The number of hydrogen-bond donors (Lipinski definition) is 2. The number of ether oxygens (including phenoxy) is 1. The van der Waals surface area contributed by atoms with Crippen molar-refractivity contribution in [3.63, 3.8) is 0 Å². The summed E-state index contributed by atoms with van der Waals surface area (Å²) in [6, 6.07) is 11.2. The zero-order valence-electron chi connectivity index (χ0n) is 18.5. The van der Waals surface area contributed by atoms with Gasteiger partial charge in [-0.2, -0.15) is 0 Å². The predicted molar refractivity (Wildman–Crippen MR) is 120 cm³/mol. The maximum atomic E-state index is 13.4. The smallest absolute Gasteiger partial charge is 0.313 e. The molecule has 2 aromatic rings. The van der Waals surface area contributed by atoms with Crippen molar-refractivity contribution in [3.8, 4) is 0 Å². The Balaban J connectivity index is 1.64. The summed E-state index contributed by atoms with van der Waals surface area (Å²) < 4.78 is 18.7. The first-order valence-corrected chi connectivity index (χ1v) is 10.6. The summed E-state index contributed by atoms with van der Waals surface area (Å²) in [5.41, 5.74) is 2.78. The van der Waals surface area contributed by atoms with Crippen molar-refractivity contribution in [2.75, 3.05) is 30.4 Å². The number of halogens is 1. The number of benzene rings is 2. The molecule has 0 saturated carbocycles. The summed E-state index contributed by atoms with van der Waals surface area (Å²) in [5.74, 6) is -2.20. The molecule has 2 N–H and O–H groups in total. The lowest BCUT2D eigenvalue weighted by Crippen LogP contribution is -2.39. The fourth-order valence-electron chi connectivity index (χ4n) is 3.69. The number of hydrogen-bond acceptors (Lipinski definition) is 4. The predicted octanol–water partition coefficient (Wildman–Crippen LogP) is 3.20. The Bertz CT molecular complexity index is 1010. The first-order chi connectivity index (χ1) is 15.3. The standard InChI is InChI=1S/C24H28FN3O4/c1-15(2)24(31)28-11-5-7-16-9-10-19(13-20(16)28)27-23(30)22(29)26-14-21(32-3)17-6-4-8-18(25)12-17/h4,6,8-10,12-13,15,21H,5,7,11,14H2,1-3H3,(H,26,29)(H,27,30)/t21-/m1/s1. The largest absolute Gasteiger partial charge is 0.375 e. The Morgan fingerprint density at radius 2 is 1.91 bits per heavy atom. The summed E-state index contributed by atoms with van der Waals surface area (Å²) in [5, 5.41) is 5.09. The van der Waals surface area contributed by atoms with Gasteiger partial charge in [0.15, 0.2) is 0 Å². The van der Waals surface area contributed by atoms with Crippen molar-refractivity contribution < 1.29 is 23.5 Å². The maximum absolute atomic E-state index is 13.4. The van der Waals surface area contributed by atoms with E-state index in [0.717, 1.165) is 24.1 Å². The van der Waals surface area contributed by atoms with Crippen LogP contribution in [0.1, 0.15) is 37.5 Å². The van der Waals surface area contributed by atoms with Crippen LogP contribution in [-0.2, 0) is 25.5 Å². The Kier molecular flexibility index (Phi) is 7.58. The average Bonchev–Trinajstić information content (AvgIpc) is 2.78.